The monoisotopic (exact) mass is 478 g/mol. The molecule has 3 rings (SSSR count). The fourth-order valence-corrected chi connectivity index (χ4v) is 4.63. The zero-order chi connectivity index (χ0) is 23.5. The summed E-state index contributed by atoms with van der Waals surface area (Å²) in [7, 11) is 0.646. The van der Waals surface area contributed by atoms with Crippen molar-refractivity contribution in [3.05, 3.63) is 52.5 Å². The average molecular weight is 479 g/mol. The summed E-state index contributed by atoms with van der Waals surface area (Å²) in [4.78, 5) is 14.1. The van der Waals surface area contributed by atoms with Crippen LogP contribution in [0.5, 0.6) is 0 Å². The predicted molar refractivity (Wildman–Crippen MR) is 130 cm³/mol. The molecule has 0 radical (unpaired) electrons. The lowest BCUT2D eigenvalue weighted by Crippen LogP contribution is -2.61. The highest BCUT2D eigenvalue weighted by Gasteiger charge is 2.49. The zero-order valence-corrected chi connectivity index (χ0v) is 19.6. The van der Waals surface area contributed by atoms with Crippen LogP contribution in [0.1, 0.15) is 32.1 Å². The van der Waals surface area contributed by atoms with Crippen LogP contribution < -0.4 is 10.6 Å². The summed E-state index contributed by atoms with van der Waals surface area (Å²) in [6, 6.07) is 13.9. The molecule has 1 fully saturated rings. The van der Waals surface area contributed by atoms with Crippen molar-refractivity contribution in [3.8, 4) is 11.1 Å². The molecule has 1 saturated carbocycles. The van der Waals surface area contributed by atoms with Crippen molar-refractivity contribution in [1.82, 2.24) is 0 Å². The van der Waals surface area contributed by atoms with Crippen LogP contribution in [0.3, 0.4) is 0 Å². The smallest absolute Gasteiger partial charge is 0.451 e. The molecule has 0 amide bonds. The Morgan fingerprint density at radius 3 is 2.28 bits per heavy atom. The van der Waals surface area contributed by atoms with Crippen LogP contribution >= 0.6 is 23.2 Å². The van der Waals surface area contributed by atoms with Crippen LogP contribution in [0, 0.1) is 5.92 Å². The highest BCUT2D eigenvalue weighted by Crippen LogP contribution is 2.42. The van der Waals surface area contributed by atoms with E-state index in [2.05, 4.69) is 4.90 Å². The molecule has 172 valence electrons. The van der Waals surface area contributed by atoms with E-state index in [9.17, 15) is 9.90 Å². The maximum absolute atomic E-state index is 11.9. The molecule has 1 aliphatic carbocycles. The minimum absolute atomic E-state index is 0.109. The molecule has 0 unspecified atom stereocenters. The van der Waals surface area contributed by atoms with Crippen molar-refractivity contribution in [1.29, 1.82) is 0 Å². The molecule has 6 nitrogen and oxygen atoms in total. The molecule has 5 N–H and O–H groups in total. The fraction of sp³-hybridized carbons (Fsp3) is 0.435. The van der Waals surface area contributed by atoms with Gasteiger partial charge in [-0.1, -0.05) is 54.2 Å². The Bertz CT molecular complexity index is 938. The van der Waals surface area contributed by atoms with Crippen molar-refractivity contribution in [2.24, 2.45) is 11.7 Å². The standard InChI is InChI=1S/C23H29BCl2N2O4/c1-28(18-7-4-15(5-8-18)16-6-9-20(25)21(26)12-16)19-13-17(14-19)23(27,22(29)30)10-2-3-11-24(31)32/h4-9,12,17,19,31-32H,2-3,10-11,13-14,27H2,1H3,(H,29,30)/t17-,19-,23-/m0/s1. The number of rotatable bonds is 10. The minimum Gasteiger partial charge on any atom is -0.480 e. The van der Waals surface area contributed by atoms with Crippen molar-refractivity contribution in [3.63, 3.8) is 0 Å². The van der Waals surface area contributed by atoms with E-state index >= 15 is 0 Å². The van der Waals surface area contributed by atoms with Gasteiger partial charge in [0.15, 0.2) is 0 Å². The largest absolute Gasteiger partial charge is 0.480 e. The van der Waals surface area contributed by atoms with Gasteiger partial charge in [-0.05, 0) is 66.9 Å². The van der Waals surface area contributed by atoms with Gasteiger partial charge < -0.3 is 25.8 Å². The number of hydrogen-bond acceptors (Lipinski definition) is 5. The second-order valence-corrected chi connectivity index (χ2v) is 9.50. The summed E-state index contributed by atoms with van der Waals surface area (Å²) in [6.07, 6.45) is 3.05. The van der Waals surface area contributed by atoms with E-state index in [1.165, 1.54) is 0 Å². The number of carboxylic acids is 1. The first kappa shape index (κ1) is 24.9. The van der Waals surface area contributed by atoms with E-state index in [0.29, 0.717) is 42.1 Å². The summed E-state index contributed by atoms with van der Waals surface area (Å²) in [5.41, 5.74) is 8.09. The van der Waals surface area contributed by atoms with Crippen LogP contribution in [-0.2, 0) is 4.79 Å². The molecule has 0 bridgehead atoms. The molecule has 1 aliphatic rings. The van der Waals surface area contributed by atoms with Crippen LogP contribution in [0.2, 0.25) is 16.4 Å². The third kappa shape index (κ3) is 5.59. The Labute approximate surface area is 199 Å². The number of unbranched alkanes of at least 4 members (excludes halogenated alkanes) is 1. The van der Waals surface area contributed by atoms with Crippen molar-refractivity contribution >= 4 is 42.0 Å². The Hall–Kier alpha value is -1.77. The van der Waals surface area contributed by atoms with Crippen LogP contribution in [0.15, 0.2) is 42.5 Å². The van der Waals surface area contributed by atoms with E-state index in [0.717, 1.165) is 16.8 Å². The first-order valence-electron chi connectivity index (χ1n) is 10.8. The Kier molecular flexibility index (Phi) is 8.12. The topological polar surface area (TPSA) is 107 Å². The third-order valence-corrected chi connectivity index (χ3v) is 7.36. The van der Waals surface area contributed by atoms with Gasteiger partial charge in [0.25, 0.3) is 0 Å². The van der Waals surface area contributed by atoms with Gasteiger partial charge in [-0.15, -0.1) is 0 Å². The number of hydrogen-bond donors (Lipinski definition) is 4. The maximum atomic E-state index is 11.9. The Morgan fingerprint density at radius 1 is 1.09 bits per heavy atom. The second-order valence-electron chi connectivity index (χ2n) is 8.68. The lowest BCUT2D eigenvalue weighted by atomic mass is 9.65. The van der Waals surface area contributed by atoms with Crippen LogP contribution in [0.4, 0.5) is 5.69 Å². The van der Waals surface area contributed by atoms with Gasteiger partial charge in [0.2, 0.25) is 0 Å². The molecule has 1 atom stereocenters. The lowest BCUT2D eigenvalue weighted by Gasteiger charge is -2.48. The summed E-state index contributed by atoms with van der Waals surface area (Å²) in [5.74, 6) is -1.10. The van der Waals surface area contributed by atoms with Gasteiger partial charge in [-0.2, -0.15) is 0 Å². The van der Waals surface area contributed by atoms with Gasteiger partial charge in [-0.25, -0.2) is 0 Å². The normalized spacial score (nSPS) is 19.7. The molecule has 2 aromatic rings. The fourth-order valence-electron chi connectivity index (χ4n) is 4.33. The van der Waals surface area contributed by atoms with E-state index in [4.69, 9.17) is 39.0 Å². The number of aliphatic carboxylic acids is 1. The highest BCUT2D eigenvalue weighted by atomic mass is 35.5. The second kappa shape index (κ2) is 10.4. The first-order chi connectivity index (χ1) is 15.1. The number of anilines is 1. The quantitative estimate of drug-likeness (QED) is 0.299. The van der Waals surface area contributed by atoms with Gasteiger partial charge >= 0.3 is 13.1 Å². The molecule has 0 saturated heterocycles. The van der Waals surface area contributed by atoms with Crippen molar-refractivity contribution in [2.45, 2.75) is 50.0 Å². The Balaban J connectivity index is 1.59. The number of nitrogens with zero attached hydrogens (tertiary/aromatic N) is 1. The average Bonchev–Trinajstić information content (AvgIpc) is 2.72. The predicted octanol–water partition coefficient (Wildman–Crippen LogP) is 4.30. The Morgan fingerprint density at radius 2 is 1.72 bits per heavy atom. The number of carboxylic acid groups (broad SMARTS) is 1. The highest BCUT2D eigenvalue weighted by molar-refractivity contribution is 6.42. The van der Waals surface area contributed by atoms with E-state index < -0.39 is 18.6 Å². The SMILES string of the molecule is CN(c1ccc(-c2ccc(Cl)c(Cl)c2)cc1)[C@H]1C[C@H]([C@@](N)(CCCCB(O)O)C(=O)O)C1. The van der Waals surface area contributed by atoms with Crippen LogP contribution in [0.25, 0.3) is 11.1 Å². The maximum Gasteiger partial charge on any atom is 0.451 e. The molecule has 0 spiro atoms. The van der Waals surface area contributed by atoms with Gasteiger partial charge in [0.05, 0.1) is 10.0 Å². The minimum atomic E-state index is -1.36. The summed E-state index contributed by atoms with van der Waals surface area (Å²) >= 11 is 12.1. The number of carbonyl (C=O) groups is 1. The summed E-state index contributed by atoms with van der Waals surface area (Å²) in [6.45, 7) is 0. The molecule has 0 aromatic heterocycles. The molecular weight excluding hydrogens is 450 g/mol. The summed E-state index contributed by atoms with van der Waals surface area (Å²) in [5, 5.41) is 28.7. The summed E-state index contributed by atoms with van der Waals surface area (Å²) < 4.78 is 0. The van der Waals surface area contributed by atoms with Gasteiger partial charge in [0, 0.05) is 18.8 Å². The lowest BCUT2D eigenvalue weighted by molar-refractivity contribution is -0.147. The molecule has 9 heteroatoms. The molecule has 0 heterocycles. The van der Waals surface area contributed by atoms with E-state index in [1.807, 2.05) is 43.4 Å². The number of nitrogens with two attached hydrogens (primary N) is 1. The number of benzene rings is 2. The van der Waals surface area contributed by atoms with Crippen molar-refractivity contribution in [2.75, 3.05) is 11.9 Å². The first-order valence-corrected chi connectivity index (χ1v) is 11.5. The van der Waals surface area contributed by atoms with E-state index in [1.54, 1.807) is 6.07 Å². The third-order valence-electron chi connectivity index (χ3n) is 6.62. The van der Waals surface area contributed by atoms with Gasteiger partial charge in [-0.3, -0.25) is 4.79 Å². The molecule has 0 aliphatic heterocycles. The van der Waals surface area contributed by atoms with E-state index in [-0.39, 0.29) is 18.3 Å². The van der Waals surface area contributed by atoms with Crippen LogP contribution in [-0.4, -0.2) is 46.9 Å². The molecule has 2 aromatic carbocycles. The van der Waals surface area contributed by atoms with Crippen molar-refractivity contribution < 1.29 is 19.9 Å². The van der Waals surface area contributed by atoms with Gasteiger partial charge in [0.1, 0.15) is 5.54 Å². The number of halogens is 2. The zero-order valence-electron chi connectivity index (χ0n) is 18.0. The molecule has 32 heavy (non-hydrogen) atoms. The molecular formula is C23H29BCl2N2O4.